The summed E-state index contributed by atoms with van der Waals surface area (Å²) in [4.78, 5) is 38.0. The number of allylic oxidation sites excluding steroid dienone is 12. The summed E-state index contributed by atoms with van der Waals surface area (Å²) in [6.07, 6.45) is 64.5. The number of carbonyl (C=O) groups excluding carboxylic acids is 3. The quantitative estimate of drug-likeness (QED) is 0.0262. The van der Waals surface area contributed by atoms with Gasteiger partial charge in [0.25, 0.3) is 0 Å². The van der Waals surface area contributed by atoms with Gasteiger partial charge in [-0.2, -0.15) is 0 Å². The van der Waals surface area contributed by atoms with Crippen molar-refractivity contribution in [3.63, 3.8) is 0 Å². The molecule has 0 radical (unpaired) electrons. The Balaban J connectivity index is 4.45. The molecule has 63 heavy (non-hydrogen) atoms. The van der Waals surface area contributed by atoms with Crippen molar-refractivity contribution in [1.82, 2.24) is 0 Å². The van der Waals surface area contributed by atoms with Gasteiger partial charge < -0.3 is 14.2 Å². The normalized spacial score (nSPS) is 12.6. The van der Waals surface area contributed by atoms with Crippen LogP contribution < -0.4 is 0 Å². The summed E-state index contributed by atoms with van der Waals surface area (Å²) in [6, 6.07) is 0. The van der Waals surface area contributed by atoms with Gasteiger partial charge in [0.05, 0.1) is 0 Å². The fraction of sp³-hybridized carbons (Fsp3) is 0.737. The molecule has 0 saturated heterocycles. The molecule has 0 N–H and O–H groups in total. The fourth-order valence-electron chi connectivity index (χ4n) is 7.19. The van der Waals surface area contributed by atoms with Gasteiger partial charge in [-0.1, -0.05) is 196 Å². The maximum absolute atomic E-state index is 12.8. The van der Waals surface area contributed by atoms with E-state index in [0.29, 0.717) is 19.3 Å². The average molecular weight is 879 g/mol. The maximum atomic E-state index is 12.8. The molecule has 6 heteroatoms. The van der Waals surface area contributed by atoms with Crippen LogP contribution in [0.2, 0.25) is 0 Å². The van der Waals surface area contributed by atoms with Crippen molar-refractivity contribution in [2.24, 2.45) is 0 Å². The summed E-state index contributed by atoms with van der Waals surface area (Å²) in [5.41, 5.74) is 0. The molecule has 0 bridgehead atoms. The topological polar surface area (TPSA) is 78.9 Å². The van der Waals surface area contributed by atoms with E-state index < -0.39 is 6.10 Å². The predicted octanol–water partition coefficient (Wildman–Crippen LogP) is 17.4. The number of esters is 3. The molecule has 0 amide bonds. The van der Waals surface area contributed by atoms with Gasteiger partial charge in [0.2, 0.25) is 0 Å². The molecule has 1 unspecified atom stereocenters. The SMILES string of the molecule is CC/C=C\C/C=C\C/C=C\CCCCCCCC(=O)OCC(COC(=O)CCCCCCC/C=C\CCCCCCCC)OC(=O)CCCCCCC/C=C\C/C=C\CCCCC. The molecule has 1 atom stereocenters. The van der Waals surface area contributed by atoms with E-state index in [4.69, 9.17) is 14.2 Å². The molecule has 0 saturated carbocycles. The van der Waals surface area contributed by atoms with Crippen LogP contribution in [0.15, 0.2) is 72.9 Å². The highest BCUT2D eigenvalue weighted by Crippen LogP contribution is 2.14. The molecule has 0 fully saturated rings. The van der Waals surface area contributed by atoms with Crippen molar-refractivity contribution < 1.29 is 28.6 Å². The molecule has 0 aliphatic rings. The first kappa shape index (κ1) is 59.9. The second-order valence-corrected chi connectivity index (χ2v) is 17.4. The largest absolute Gasteiger partial charge is 0.462 e. The third-order valence-corrected chi connectivity index (χ3v) is 11.2. The highest BCUT2D eigenvalue weighted by Gasteiger charge is 2.19. The fourth-order valence-corrected chi connectivity index (χ4v) is 7.19. The van der Waals surface area contributed by atoms with Crippen molar-refractivity contribution in [1.29, 1.82) is 0 Å². The van der Waals surface area contributed by atoms with Gasteiger partial charge in [0, 0.05) is 19.3 Å². The third-order valence-electron chi connectivity index (χ3n) is 11.2. The second-order valence-electron chi connectivity index (χ2n) is 17.4. The van der Waals surface area contributed by atoms with Gasteiger partial charge in [-0.05, 0) is 109 Å². The minimum absolute atomic E-state index is 0.0911. The van der Waals surface area contributed by atoms with Gasteiger partial charge >= 0.3 is 17.9 Å². The molecular formula is C57H98O6. The highest BCUT2D eigenvalue weighted by molar-refractivity contribution is 5.71. The van der Waals surface area contributed by atoms with Crippen LogP contribution in [0.1, 0.15) is 252 Å². The zero-order valence-electron chi connectivity index (χ0n) is 41.3. The summed E-state index contributed by atoms with van der Waals surface area (Å²) in [5, 5.41) is 0. The lowest BCUT2D eigenvalue weighted by molar-refractivity contribution is -0.167. The molecule has 0 aromatic rings. The Labute approximate surface area is 389 Å². The molecule has 0 aliphatic heterocycles. The molecule has 6 nitrogen and oxygen atoms in total. The van der Waals surface area contributed by atoms with E-state index in [1.54, 1.807) is 0 Å². The summed E-state index contributed by atoms with van der Waals surface area (Å²) < 4.78 is 16.8. The Morgan fingerprint density at radius 3 is 1.02 bits per heavy atom. The number of hydrogen-bond donors (Lipinski definition) is 0. The van der Waals surface area contributed by atoms with Crippen LogP contribution in [0.4, 0.5) is 0 Å². The zero-order chi connectivity index (χ0) is 45.8. The first-order valence-corrected chi connectivity index (χ1v) is 26.4. The summed E-state index contributed by atoms with van der Waals surface area (Å²) in [7, 11) is 0. The standard InChI is InChI=1S/C57H98O6/c1-4-7-10-13-16-19-22-25-28-31-34-37-40-43-46-49-55(58)61-52-54(63-57(60)51-48-45-42-39-36-33-30-27-24-21-18-15-12-9-6-3)53-62-56(59)50-47-44-41-38-35-32-29-26-23-20-17-14-11-8-5-2/h7,10,16,18-19,21,25-30,54H,4-6,8-9,11-15,17,20,22-24,31-53H2,1-3H3/b10-7-,19-16-,21-18-,28-25-,29-26-,30-27-. The van der Waals surface area contributed by atoms with Crippen molar-refractivity contribution in [2.45, 2.75) is 258 Å². The Hall–Kier alpha value is -3.15. The second kappa shape index (κ2) is 51.5. The molecule has 0 heterocycles. The van der Waals surface area contributed by atoms with Gasteiger partial charge in [0.15, 0.2) is 6.10 Å². The molecule has 0 aromatic carbocycles. The summed E-state index contributed by atoms with van der Waals surface area (Å²) >= 11 is 0. The highest BCUT2D eigenvalue weighted by atomic mass is 16.6. The van der Waals surface area contributed by atoms with Gasteiger partial charge in [-0.15, -0.1) is 0 Å². The number of rotatable bonds is 47. The van der Waals surface area contributed by atoms with E-state index in [2.05, 4.69) is 93.7 Å². The molecule has 0 rings (SSSR count). The van der Waals surface area contributed by atoms with Crippen LogP contribution in [-0.4, -0.2) is 37.2 Å². The number of unbranched alkanes of at least 4 members (excludes halogenated alkanes) is 24. The van der Waals surface area contributed by atoms with Crippen molar-refractivity contribution in [3.05, 3.63) is 72.9 Å². The van der Waals surface area contributed by atoms with E-state index in [0.717, 1.165) is 128 Å². The predicted molar refractivity (Wildman–Crippen MR) is 270 cm³/mol. The molecule has 0 aromatic heterocycles. The van der Waals surface area contributed by atoms with Crippen LogP contribution in [0, 0.1) is 0 Å². The average Bonchev–Trinajstić information content (AvgIpc) is 3.28. The first-order chi connectivity index (χ1) is 31.0. The lowest BCUT2D eigenvalue weighted by atomic mass is 10.1. The summed E-state index contributed by atoms with van der Waals surface area (Å²) in [6.45, 7) is 6.46. The Bertz CT molecular complexity index is 1190. The lowest BCUT2D eigenvalue weighted by Gasteiger charge is -2.18. The molecule has 0 aliphatic carbocycles. The first-order valence-electron chi connectivity index (χ1n) is 26.4. The van der Waals surface area contributed by atoms with E-state index in [-0.39, 0.29) is 31.1 Å². The van der Waals surface area contributed by atoms with Crippen molar-refractivity contribution in [2.75, 3.05) is 13.2 Å². The minimum atomic E-state index is -0.793. The van der Waals surface area contributed by atoms with E-state index in [1.165, 1.54) is 83.5 Å². The van der Waals surface area contributed by atoms with E-state index in [9.17, 15) is 14.4 Å². The molecular weight excluding hydrogens is 781 g/mol. The van der Waals surface area contributed by atoms with Gasteiger partial charge in [-0.3, -0.25) is 14.4 Å². The zero-order valence-corrected chi connectivity index (χ0v) is 41.3. The van der Waals surface area contributed by atoms with Crippen molar-refractivity contribution >= 4 is 17.9 Å². The Kier molecular flexibility index (Phi) is 48.9. The van der Waals surface area contributed by atoms with Crippen LogP contribution in [0.5, 0.6) is 0 Å². The molecule has 0 spiro atoms. The van der Waals surface area contributed by atoms with Crippen LogP contribution in [-0.2, 0) is 28.6 Å². The van der Waals surface area contributed by atoms with Gasteiger partial charge in [-0.25, -0.2) is 0 Å². The Morgan fingerprint density at radius 1 is 0.333 bits per heavy atom. The maximum Gasteiger partial charge on any atom is 0.306 e. The Morgan fingerprint density at radius 2 is 0.619 bits per heavy atom. The molecule has 362 valence electrons. The third kappa shape index (κ3) is 49.7. The smallest absolute Gasteiger partial charge is 0.306 e. The van der Waals surface area contributed by atoms with Crippen LogP contribution in [0.3, 0.4) is 0 Å². The van der Waals surface area contributed by atoms with Crippen molar-refractivity contribution in [3.8, 4) is 0 Å². The number of hydrogen-bond acceptors (Lipinski definition) is 6. The van der Waals surface area contributed by atoms with Crippen LogP contribution in [0.25, 0.3) is 0 Å². The number of ether oxygens (including phenoxy) is 3. The van der Waals surface area contributed by atoms with E-state index >= 15 is 0 Å². The van der Waals surface area contributed by atoms with E-state index in [1.807, 2.05) is 0 Å². The van der Waals surface area contributed by atoms with Crippen LogP contribution >= 0.6 is 0 Å². The van der Waals surface area contributed by atoms with Gasteiger partial charge in [0.1, 0.15) is 13.2 Å². The lowest BCUT2D eigenvalue weighted by Crippen LogP contribution is -2.30. The summed E-state index contributed by atoms with van der Waals surface area (Å²) in [5.74, 6) is -0.928. The monoisotopic (exact) mass is 879 g/mol. The number of carbonyl (C=O) groups is 3. The minimum Gasteiger partial charge on any atom is -0.462 e.